The van der Waals surface area contributed by atoms with Crippen LogP contribution in [0.2, 0.25) is 0 Å². The molecule has 1 aromatic rings. The number of sulfonamides is 1. The van der Waals surface area contributed by atoms with Crippen LogP contribution in [0.15, 0.2) is 29.2 Å². The number of rotatable bonds is 4. The summed E-state index contributed by atoms with van der Waals surface area (Å²) in [5.74, 6) is 0. The monoisotopic (exact) mass is 286 g/mol. The summed E-state index contributed by atoms with van der Waals surface area (Å²) >= 11 is 0. The topological polar surface area (TPSA) is 89.3 Å². The second-order valence-electron chi connectivity index (χ2n) is 5.43. The molecule has 0 fully saturated rings. The molecular formula is C12H18N2O4S. The third kappa shape index (κ3) is 3.74. The van der Waals surface area contributed by atoms with Gasteiger partial charge in [-0.05, 0) is 18.4 Å². The van der Waals surface area contributed by atoms with Gasteiger partial charge in [0.1, 0.15) is 0 Å². The molecule has 1 atom stereocenters. The molecule has 0 aliphatic carbocycles. The minimum absolute atomic E-state index is 0.281. The summed E-state index contributed by atoms with van der Waals surface area (Å²) in [6, 6.07) is 4.96. The van der Waals surface area contributed by atoms with Gasteiger partial charge in [-0.1, -0.05) is 32.9 Å². The molecule has 1 rings (SSSR count). The molecule has 1 N–H and O–H groups in total. The number of hydrogen-bond acceptors (Lipinski definition) is 4. The van der Waals surface area contributed by atoms with Gasteiger partial charge in [0.2, 0.25) is 10.0 Å². The van der Waals surface area contributed by atoms with Crippen LogP contribution >= 0.6 is 0 Å². The highest BCUT2D eigenvalue weighted by Crippen LogP contribution is 2.25. The van der Waals surface area contributed by atoms with Crippen molar-refractivity contribution in [1.82, 2.24) is 4.72 Å². The molecule has 0 heterocycles. The number of nitro groups is 1. The van der Waals surface area contributed by atoms with Gasteiger partial charge in [-0.15, -0.1) is 0 Å². The zero-order valence-corrected chi connectivity index (χ0v) is 12.2. The van der Waals surface area contributed by atoms with E-state index in [1.807, 2.05) is 20.8 Å². The SMILES string of the molecule is CC(NS(=O)(=O)c1ccccc1[N+](=O)[O-])C(C)(C)C. The van der Waals surface area contributed by atoms with Crippen molar-refractivity contribution < 1.29 is 13.3 Å². The molecule has 19 heavy (non-hydrogen) atoms. The summed E-state index contributed by atoms with van der Waals surface area (Å²) in [5, 5.41) is 10.9. The zero-order valence-electron chi connectivity index (χ0n) is 11.4. The summed E-state index contributed by atoms with van der Waals surface area (Å²) in [6.45, 7) is 7.39. The van der Waals surface area contributed by atoms with E-state index in [0.29, 0.717) is 0 Å². The highest BCUT2D eigenvalue weighted by Gasteiger charge is 2.30. The second kappa shape index (κ2) is 5.26. The van der Waals surface area contributed by atoms with E-state index in [4.69, 9.17) is 0 Å². The van der Waals surface area contributed by atoms with Gasteiger partial charge in [0.15, 0.2) is 4.90 Å². The maximum absolute atomic E-state index is 12.2. The number of hydrogen-bond donors (Lipinski definition) is 1. The normalized spacial score (nSPS) is 14.1. The van der Waals surface area contributed by atoms with Crippen LogP contribution in [0.4, 0.5) is 5.69 Å². The fourth-order valence-electron chi connectivity index (χ4n) is 1.31. The summed E-state index contributed by atoms with van der Waals surface area (Å²) in [7, 11) is -3.91. The number of nitro benzene ring substituents is 1. The molecule has 0 amide bonds. The van der Waals surface area contributed by atoms with Crippen molar-refractivity contribution >= 4 is 15.7 Å². The molecular weight excluding hydrogens is 268 g/mol. The summed E-state index contributed by atoms with van der Waals surface area (Å²) in [6.07, 6.45) is 0. The van der Waals surface area contributed by atoms with Crippen LogP contribution in [-0.4, -0.2) is 19.4 Å². The van der Waals surface area contributed by atoms with Crippen LogP contribution in [0.3, 0.4) is 0 Å². The Kier molecular flexibility index (Phi) is 4.32. The fraction of sp³-hybridized carbons (Fsp3) is 0.500. The first-order valence-corrected chi connectivity index (χ1v) is 7.30. The van der Waals surface area contributed by atoms with Crippen LogP contribution in [0.5, 0.6) is 0 Å². The van der Waals surface area contributed by atoms with Gasteiger partial charge >= 0.3 is 0 Å². The smallest absolute Gasteiger partial charge is 0.258 e. The molecule has 106 valence electrons. The van der Waals surface area contributed by atoms with Crippen molar-refractivity contribution in [2.45, 2.75) is 38.6 Å². The average Bonchev–Trinajstić information content (AvgIpc) is 2.27. The molecule has 0 aliphatic rings. The lowest BCUT2D eigenvalue weighted by atomic mass is 9.89. The lowest BCUT2D eigenvalue weighted by Crippen LogP contribution is -2.41. The van der Waals surface area contributed by atoms with Crippen molar-refractivity contribution in [2.75, 3.05) is 0 Å². The highest BCUT2D eigenvalue weighted by molar-refractivity contribution is 7.89. The van der Waals surface area contributed by atoms with E-state index >= 15 is 0 Å². The van der Waals surface area contributed by atoms with E-state index in [1.165, 1.54) is 24.3 Å². The van der Waals surface area contributed by atoms with Gasteiger partial charge < -0.3 is 0 Å². The van der Waals surface area contributed by atoms with Crippen molar-refractivity contribution in [3.8, 4) is 0 Å². The average molecular weight is 286 g/mol. The van der Waals surface area contributed by atoms with Crippen molar-refractivity contribution in [2.24, 2.45) is 5.41 Å². The molecule has 0 saturated heterocycles. The number of nitrogens with zero attached hydrogens (tertiary/aromatic N) is 1. The van der Waals surface area contributed by atoms with E-state index in [0.717, 1.165) is 0 Å². The molecule has 0 bridgehead atoms. The predicted molar refractivity (Wildman–Crippen MR) is 72.3 cm³/mol. The third-order valence-electron chi connectivity index (χ3n) is 2.98. The Bertz CT molecular complexity index is 576. The molecule has 6 nitrogen and oxygen atoms in total. The lowest BCUT2D eigenvalue weighted by Gasteiger charge is -2.27. The summed E-state index contributed by atoms with van der Waals surface area (Å²) in [5.41, 5.74) is -0.701. The van der Waals surface area contributed by atoms with Gasteiger partial charge in [-0.2, -0.15) is 0 Å². The number of nitrogens with one attached hydrogen (secondary N) is 1. The molecule has 0 aromatic heterocycles. The van der Waals surface area contributed by atoms with E-state index in [9.17, 15) is 18.5 Å². The molecule has 0 spiro atoms. The van der Waals surface area contributed by atoms with Gasteiger partial charge in [0.25, 0.3) is 5.69 Å². The number of benzene rings is 1. The van der Waals surface area contributed by atoms with E-state index in [1.54, 1.807) is 6.92 Å². The molecule has 0 saturated carbocycles. The predicted octanol–water partition coefficient (Wildman–Crippen LogP) is 2.31. The third-order valence-corrected chi connectivity index (χ3v) is 4.57. The lowest BCUT2D eigenvalue weighted by molar-refractivity contribution is -0.387. The minimum Gasteiger partial charge on any atom is -0.258 e. The number of para-hydroxylation sites is 1. The standard InChI is InChI=1S/C12H18N2O4S/c1-9(12(2,3)4)13-19(17,18)11-8-6-5-7-10(11)14(15)16/h5-9,13H,1-4H3. The van der Waals surface area contributed by atoms with E-state index in [-0.39, 0.29) is 16.4 Å². The molecule has 7 heteroatoms. The Morgan fingerprint density at radius 1 is 1.26 bits per heavy atom. The van der Waals surface area contributed by atoms with E-state index < -0.39 is 20.6 Å². The molecule has 0 radical (unpaired) electrons. The van der Waals surface area contributed by atoms with Crippen LogP contribution in [0, 0.1) is 15.5 Å². The van der Waals surface area contributed by atoms with E-state index in [2.05, 4.69) is 4.72 Å². The maximum atomic E-state index is 12.2. The summed E-state index contributed by atoms with van der Waals surface area (Å²) < 4.78 is 26.9. The molecule has 1 unspecified atom stereocenters. The largest absolute Gasteiger partial charge is 0.289 e. The first-order valence-electron chi connectivity index (χ1n) is 5.81. The van der Waals surface area contributed by atoms with Crippen LogP contribution in [0.1, 0.15) is 27.7 Å². The Balaban J connectivity index is 3.19. The van der Waals surface area contributed by atoms with Crippen molar-refractivity contribution in [3.05, 3.63) is 34.4 Å². The Hall–Kier alpha value is -1.47. The maximum Gasteiger partial charge on any atom is 0.289 e. The zero-order chi connectivity index (χ0) is 14.8. The van der Waals surface area contributed by atoms with Gasteiger partial charge in [-0.25, -0.2) is 13.1 Å². The van der Waals surface area contributed by atoms with Crippen LogP contribution < -0.4 is 4.72 Å². The van der Waals surface area contributed by atoms with Gasteiger partial charge in [-0.3, -0.25) is 10.1 Å². The molecule has 1 aromatic carbocycles. The quantitative estimate of drug-likeness (QED) is 0.679. The second-order valence-corrected chi connectivity index (χ2v) is 7.12. The Labute approximate surface area is 113 Å². The Morgan fingerprint density at radius 3 is 2.26 bits per heavy atom. The first kappa shape index (κ1) is 15.6. The van der Waals surface area contributed by atoms with Gasteiger partial charge in [0, 0.05) is 12.1 Å². The highest BCUT2D eigenvalue weighted by atomic mass is 32.2. The minimum atomic E-state index is -3.91. The molecule has 0 aliphatic heterocycles. The first-order chi connectivity index (χ1) is 8.55. The van der Waals surface area contributed by atoms with Gasteiger partial charge in [0.05, 0.1) is 4.92 Å². The van der Waals surface area contributed by atoms with Crippen molar-refractivity contribution in [3.63, 3.8) is 0 Å². The summed E-state index contributed by atoms with van der Waals surface area (Å²) in [4.78, 5) is 9.86. The van der Waals surface area contributed by atoms with Crippen LogP contribution in [0.25, 0.3) is 0 Å². The van der Waals surface area contributed by atoms with Crippen LogP contribution in [-0.2, 0) is 10.0 Å². The fourth-order valence-corrected chi connectivity index (χ4v) is 2.93. The van der Waals surface area contributed by atoms with Crippen molar-refractivity contribution in [1.29, 1.82) is 0 Å². The Morgan fingerprint density at radius 2 is 1.79 bits per heavy atom.